The molecule has 6 nitrogen and oxygen atoms in total. The van der Waals surface area contributed by atoms with Crippen LogP contribution in [0.5, 0.6) is 0 Å². The van der Waals surface area contributed by atoms with E-state index < -0.39 is 5.97 Å². The van der Waals surface area contributed by atoms with Crippen molar-refractivity contribution in [1.29, 1.82) is 0 Å². The van der Waals surface area contributed by atoms with E-state index in [1.54, 1.807) is 18.3 Å². The molecule has 2 amide bonds. The number of rotatable bonds is 4. The van der Waals surface area contributed by atoms with Gasteiger partial charge in [-0.1, -0.05) is 12.1 Å². The Morgan fingerprint density at radius 1 is 1.30 bits per heavy atom. The van der Waals surface area contributed by atoms with Gasteiger partial charge in [0.25, 0.3) is 0 Å². The maximum absolute atomic E-state index is 11.6. The van der Waals surface area contributed by atoms with Crippen molar-refractivity contribution in [2.75, 3.05) is 19.0 Å². The summed E-state index contributed by atoms with van der Waals surface area (Å²) >= 11 is 0. The zero-order valence-corrected chi connectivity index (χ0v) is 13.3. The number of nitrogens with one attached hydrogen (secondary N) is 2. The molecule has 0 bridgehead atoms. The molecule has 2 rings (SSSR count). The van der Waals surface area contributed by atoms with Crippen LogP contribution in [-0.2, 0) is 9.53 Å². The van der Waals surface area contributed by atoms with Crippen molar-refractivity contribution < 1.29 is 14.3 Å². The molecule has 0 aliphatic carbocycles. The molecule has 0 radical (unpaired) electrons. The number of amides is 2. The summed E-state index contributed by atoms with van der Waals surface area (Å²) in [6.07, 6.45) is 4.76. The highest BCUT2D eigenvalue weighted by Gasteiger charge is 2.07. The second kappa shape index (κ2) is 7.40. The fourth-order valence-electron chi connectivity index (χ4n) is 2.16. The van der Waals surface area contributed by atoms with E-state index in [4.69, 9.17) is 0 Å². The zero-order valence-electron chi connectivity index (χ0n) is 13.3. The normalized spacial score (nSPS) is 10.7. The van der Waals surface area contributed by atoms with Crippen molar-refractivity contribution in [3.8, 4) is 0 Å². The Morgan fingerprint density at radius 3 is 2.78 bits per heavy atom. The lowest BCUT2D eigenvalue weighted by Crippen LogP contribution is -2.28. The number of ether oxygens (including phenoxy) is 1. The van der Waals surface area contributed by atoms with Gasteiger partial charge < -0.3 is 10.1 Å². The molecule has 0 spiro atoms. The average molecular weight is 313 g/mol. The zero-order chi connectivity index (χ0) is 16.8. The van der Waals surface area contributed by atoms with Gasteiger partial charge >= 0.3 is 12.0 Å². The lowest BCUT2D eigenvalue weighted by molar-refractivity contribution is -0.134. The van der Waals surface area contributed by atoms with Crippen molar-refractivity contribution in [1.82, 2.24) is 10.3 Å². The van der Waals surface area contributed by atoms with Crippen LogP contribution in [0.2, 0.25) is 0 Å². The Kier molecular flexibility index (Phi) is 5.30. The first-order valence-electron chi connectivity index (χ1n) is 7.25. The summed E-state index contributed by atoms with van der Waals surface area (Å²) in [4.78, 5) is 27.2. The number of urea groups is 1. The molecular formula is C17H19N3O3. The number of carbonyl (C=O) groups excluding carboxylic acids is 2. The number of esters is 1. The molecule has 0 fully saturated rings. The van der Waals surface area contributed by atoms with E-state index in [1.807, 2.05) is 26.0 Å². The number of fused-ring (bicyclic) bond motifs is 1. The van der Waals surface area contributed by atoms with Gasteiger partial charge in [-0.3, -0.25) is 5.32 Å². The minimum absolute atomic E-state index is 0.307. The fourth-order valence-corrected chi connectivity index (χ4v) is 2.16. The smallest absolute Gasteiger partial charge is 0.330 e. The molecule has 0 atom stereocenters. The highest BCUT2D eigenvalue weighted by atomic mass is 16.5. The van der Waals surface area contributed by atoms with Gasteiger partial charge in [-0.2, -0.15) is 0 Å². The Balaban J connectivity index is 2.43. The van der Waals surface area contributed by atoms with Gasteiger partial charge in [0.15, 0.2) is 0 Å². The predicted molar refractivity (Wildman–Crippen MR) is 90.2 cm³/mol. The van der Waals surface area contributed by atoms with Crippen molar-refractivity contribution in [3.63, 3.8) is 0 Å². The second-order valence-corrected chi connectivity index (χ2v) is 4.93. The second-order valence-electron chi connectivity index (χ2n) is 4.93. The summed E-state index contributed by atoms with van der Waals surface area (Å²) in [5, 5.41) is 7.18. The topological polar surface area (TPSA) is 80.3 Å². The molecule has 2 aromatic rings. The highest BCUT2D eigenvalue weighted by Crippen LogP contribution is 2.25. The molecule has 1 aromatic heterocycles. The van der Waals surface area contributed by atoms with E-state index in [1.165, 1.54) is 13.2 Å². The number of nitrogens with zero attached hydrogens (tertiary/aromatic N) is 1. The molecule has 0 aliphatic rings. The van der Waals surface area contributed by atoms with Gasteiger partial charge in [-0.05, 0) is 42.5 Å². The van der Waals surface area contributed by atoms with Crippen LogP contribution in [0.15, 0.2) is 30.5 Å². The Bertz CT molecular complexity index is 769. The first-order chi connectivity index (χ1) is 11.0. The third-order valence-electron chi connectivity index (χ3n) is 3.33. The summed E-state index contributed by atoms with van der Waals surface area (Å²) in [6, 6.07) is 5.35. The van der Waals surface area contributed by atoms with Crippen molar-refractivity contribution in [2.45, 2.75) is 13.8 Å². The van der Waals surface area contributed by atoms with Crippen LogP contribution in [-0.4, -0.2) is 30.6 Å². The Hall–Kier alpha value is -2.89. The predicted octanol–water partition coefficient (Wildman–Crippen LogP) is 2.87. The molecule has 6 heteroatoms. The quantitative estimate of drug-likeness (QED) is 0.672. The van der Waals surface area contributed by atoms with E-state index in [0.29, 0.717) is 12.4 Å². The van der Waals surface area contributed by atoms with E-state index in [2.05, 4.69) is 20.4 Å². The average Bonchev–Trinajstić information content (AvgIpc) is 2.54. The molecule has 1 heterocycles. The van der Waals surface area contributed by atoms with Gasteiger partial charge in [0.1, 0.15) is 5.82 Å². The summed E-state index contributed by atoms with van der Waals surface area (Å²) in [7, 11) is 1.33. The maximum Gasteiger partial charge on any atom is 0.330 e. The summed E-state index contributed by atoms with van der Waals surface area (Å²) < 4.78 is 4.61. The monoisotopic (exact) mass is 313 g/mol. The maximum atomic E-state index is 11.6. The van der Waals surface area contributed by atoms with Crippen molar-refractivity contribution >= 4 is 34.7 Å². The third-order valence-corrected chi connectivity index (χ3v) is 3.33. The molecule has 23 heavy (non-hydrogen) atoms. The Morgan fingerprint density at radius 2 is 2.09 bits per heavy atom. The number of aryl methyl sites for hydroxylation is 1. The molecule has 0 saturated carbocycles. The summed E-state index contributed by atoms with van der Waals surface area (Å²) in [5.41, 5.74) is 1.91. The van der Waals surface area contributed by atoms with Crippen LogP contribution in [0, 0.1) is 6.92 Å². The lowest BCUT2D eigenvalue weighted by Gasteiger charge is -2.09. The number of benzene rings is 1. The molecule has 0 unspecified atom stereocenters. The fraction of sp³-hybridized carbons (Fsp3) is 0.235. The Labute approximate surface area is 134 Å². The largest absolute Gasteiger partial charge is 0.466 e. The van der Waals surface area contributed by atoms with Crippen LogP contribution >= 0.6 is 0 Å². The molecule has 2 N–H and O–H groups in total. The van der Waals surface area contributed by atoms with Gasteiger partial charge in [0.2, 0.25) is 0 Å². The number of carbonyl (C=O) groups is 2. The molecular weight excluding hydrogens is 294 g/mol. The van der Waals surface area contributed by atoms with E-state index >= 15 is 0 Å². The van der Waals surface area contributed by atoms with Gasteiger partial charge in [-0.25, -0.2) is 14.6 Å². The number of hydrogen-bond acceptors (Lipinski definition) is 4. The first-order valence-corrected chi connectivity index (χ1v) is 7.25. The number of aromatic nitrogens is 1. The number of pyridine rings is 1. The molecule has 120 valence electrons. The SMILES string of the molecule is CCNC(=O)Nc1cc2c(C=CC(=O)OC)ccc(C)c2cn1. The van der Waals surface area contributed by atoms with E-state index in [0.717, 1.165) is 21.9 Å². The van der Waals surface area contributed by atoms with Crippen LogP contribution < -0.4 is 10.6 Å². The molecule has 0 aliphatic heterocycles. The van der Waals surface area contributed by atoms with Gasteiger partial charge in [-0.15, -0.1) is 0 Å². The van der Waals surface area contributed by atoms with E-state index in [9.17, 15) is 9.59 Å². The van der Waals surface area contributed by atoms with E-state index in [-0.39, 0.29) is 6.03 Å². The van der Waals surface area contributed by atoms with Crippen LogP contribution in [0.3, 0.4) is 0 Å². The summed E-state index contributed by atoms with van der Waals surface area (Å²) in [6.45, 7) is 4.35. The summed E-state index contributed by atoms with van der Waals surface area (Å²) in [5.74, 6) is 0.0234. The minimum atomic E-state index is -0.423. The number of anilines is 1. The van der Waals surface area contributed by atoms with Gasteiger partial charge in [0, 0.05) is 24.2 Å². The molecule has 1 aromatic carbocycles. The third kappa shape index (κ3) is 4.06. The standard InChI is InChI=1S/C17H19N3O3/c1-4-18-17(22)20-15-9-13-12(7-8-16(21)23-3)6-5-11(2)14(13)10-19-15/h5-10H,4H2,1-3H3,(H2,18,19,20,22). The van der Waals surface area contributed by atoms with Gasteiger partial charge in [0.05, 0.1) is 7.11 Å². The molecule has 0 saturated heterocycles. The van der Waals surface area contributed by atoms with Crippen molar-refractivity contribution in [3.05, 3.63) is 41.6 Å². The van der Waals surface area contributed by atoms with Crippen molar-refractivity contribution in [2.24, 2.45) is 0 Å². The van der Waals surface area contributed by atoms with Crippen LogP contribution in [0.25, 0.3) is 16.8 Å². The van der Waals surface area contributed by atoms with Crippen LogP contribution in [0.1, 0.15) is 18.1 Å². The number of hydrogen-bond donors (Lipinski definition) is 2. The minimum Gasteiger partial charge on any atom is -0.466 e. The lowest BCUT2D eigenvalue weighted by atomic mass is 10.0. The first kappa shape index (κ1) is 16.5. The van der Waals surface area contributed by atoms with Crippen LogP contribution in [0.4, 0.5) is 10.6 Å². The highest BCUT2D eigenvalue weighted by molar-refractivity contribution is 5.98. The number of methoxy groups -OCH3 is 1.